The molecular weight excluding hydrogens is 262 g/mol. The molecule has 5 heteroatoms. The zero-order valence-electron chi connectivity index (χ0n) is 5.04. The number of aromatic nitrogens is 3. The fraction of sp³-hybridized carbons (Fsp3) is 0.400. The molecule has 0 aromatic carbocycles. The maximum absolute atomic E-state index is 3.80. The highest BCUT2D eigenvalue weighted by Gasteiger charge is 2.00. The summed E-state index contributed by atoms with van der Waals surface area (Å²) in [5, 5.41) is 10.9. The van der Waals surface area contributed by atoms with Crippen molar-refractivity contribution in [2.24, 2.45) is 0 Å². The van der Waals surface area contributed by atoms with Gasteiger partial charge in [-0.05, 0) is 11.3 Å². The van der Waals surface area contributed by atoms with Crippen molar-refractivity contribution in [2.45, 2.75) is 10.2 Å². The molecule has 1 aromatic heterocycles. The fourth-order valence-corrected chi connectivity index (χ4v) is 1.20. The molecule has 0 saturated heterocycles. The summed E-state index contributed by atoms with van der Waals surface area (Å²) >= 11 is 6.68. The molecule has 0 N–H and O–H groups in total. The van der Waals surface area contributed by atoms with Crippen LogP contribution in [0.2, 0.25) is 0 Å². The van der Waals surface area contributed by atoms with E-state index in [1.165, 1.54) is 0 Å². The van der Waals surface area contributed by atoms with Crippen LogP contribution in [0.1, 0.15) is 5.69 Å². The average Bonchev–Trinajstić information content (AvgIpc) is 1.88. The Morgan fingerprint density at radius 1 is 1.50 bits per heavy atom. The number of hydrogen-bond donors (Lipinski definition) is 0. The molecule has 0 unspecified atom stereocenters. The van der Waals surface area contributed by atoms with E-state index in [1.807, 2.05) is 6.07 Å². The summed E-state index contributed by atoms with van der Waals surface area (Å²) in [4.78, 5) is 0. The van der Waals surface area contributed by atoms with E-state index in [-0.39, 0.29) is 3.74 Å². The predicted octanol–water partition coefficient (Wildman–Crippen LogP) is 1.53. The van der Waals surface area contributed by atoms with Crippen molar-refractivity contribution in [3.63, 3.8) is 0 Å². The minimum absolute atomic E-state index is 0.261. The van der Waals surface area contributed by atoms with Gasteiger partial charge in [0.15, 0.2) is 0 Å². The van der Waals surface area contributed by atoms with Crippen molar-refractivity contribution in [3.05, 3.63) is 18.0 Å². The minimum atomic E-state index is 0.261. The van der Waals surface area contributed by atoms with Gasteiger partial charge in [0.2, 0.25) is 0 Å². The van der Waals surface area contributed by atoms with E-state index >= 15 is 0 Å². The third kappa shape index (κ3) is 2.70. The second-order valence-electron chi connectivity index (χ2n) is 1.71. The zero-order chi connectivity index (χ0) is 7.40. The number of rotatable bonds is 2. The Morgan fingerprint density at radius 2 is 2.30 bits per heavy atom. The van der Waals surface area contributed by atoms with Gasteiger partial charge in [-0.15, -0.1) is 10.2 Å². The second kappa shape index (κ2) is 3.98. The first-order chi connectivity index (χ1) is 4.79. The van der Waals surface area contributed by atoms with E-state index in [9.17, 15) is 0 Å². The van der Waals surface area contributed by atoms with E-state index in [0.29, 0.717) is 0 Å². The molecule has 0 aliphatic heterocycles. The lowest BCUT2D eigenvalue weighted by molar-refractivity contribution is 0.812. The highest BCUT2D eigenvalue weighted by molar-refractivity contribution is 9.24. The van der Waals surface area contributed by atoms with E-state index in [2.05, 4.69) is 47.3 Å². The summed E-state index contributed by atoms with van der Waals surface area (Å²) in [6.45, 7) is 0. The van der Waals surface area contributed by atoms with Gasteiger partial charge in [-0.1, -0.05) is 31.9 Å². The Balaban J connectivity index is 2.59. The predicted molar refractivity (Wildman–Crippen MR) is 45.2 cm³/mol. The molecule has 0 atom stereocenters. The largest absolute Gasteiger partial charge is 0.139 e. The van der Waals surface area contributed by atoms with Crippen LogP contribution in [0, 0.1) is 0 Å². The van der Waals surface area contributed by atoms with Gasteiger partial charge in [-0.25, -0.2) is 0 Å². The molecule has 10 heavy (non-hydrogen) atoms. The van der Waals surface area contributed by atoms with E-state index < -0.39 is 0 Å². The first-order valence-electron chi connectivity index (χ1n) is 2.70. The molecule has 54 valence electrons. The third-order valence-electron chi connectivity index (χ3n) is 0.922. The van der Waals surface area contributed by atoms with Crippen LogP contribution in [-0.2, 0) is 6.42 Å². The fourth-order valence-electron chi connectivity index (χ4n) is 0.533. The topological polar surface area (TPSA) is 38.7 Å². The highest BCUT2D eigenvalue weighted by Crippen LogP contribution is 2.12. The SMILES string of the molecule is BrC(Br)Cc1ccnnn1. The quantitative estimate of drug-likeness (QED) is 0.762. The Morgan fingerprint density at radius 3 is 2.80 bits per heavy atom. The van der Waals surface area contributed by atoms with Gasteiger partial charge in [0.25, 0.3) is 0 Å². The first-order valence-corrected chi connectivity index (χ1v) is 4.53. The lowest BCUT2D eigenvalue weighted by Crippen LogP contribution is -1.98. The molecule has 1 rings (SSSR count). The summed E-state index contributed by atoms with van der Waals surface area (Å²) in [5.41, 5.74) is 0.925. The smallest absolute Gasteiger partial charge is 0.0753 e. The summed E-state index contributed by atoms with van der Waals surface area (Å²) in [7, 11) is 0. The minimum Gasteiger partial charge on any atom is -0.139 e. The molecule has 0 fully saturated rings. The Bertz CT molecular complexity index is 189. The van der Waals surface area contributed by atoms with Crippen molar-refractivity contribution in [1.82, 2.24) is 15.4 Å². The third-order valence-corrected chi connectivity index (χ3v) is 1.57. The Kier molecular flexibility index (Phi) is 3.21. The van der Waals surface area contributed by atoms with E-state index in [1.54, 1.807) is 6.20 Å². The number of nitrogens with zero attached hydrogens (tertiary/aromatic N) is 3. The standard InChI is InChI=1S/C5H5Br2N3/c6-5(7)3-4-1-2-8-10-9-4/h1-2,5H,3H2. The Hall–Kier alpha value is -0.0300. The van der Waals surface area contributed by atoms with Crippen LogP contribution in [0.15, 0.2) is 12.3 Å². The van der Waals surface area contributed by atoms with Crippen LogP contribution < -0.4 is 0 Å². The van der Waals surface area contributed by atoms with Gasteiger partial charge < -0.3 is 0 Å². The van der Waals surface area contributed by atoms with Gasteiger partial charge >= 0.3 is 0 Å². The van der Waals surface area contributed by atoms with Crippen molar-refractivity contribution < 1.29 is 0 Å². The molecule has 3 nitrogen and oxygen atoms in total. The van der Waals surface area contributed by atoms with Crippen molar-refractivity contribution in [3.8, 4) is 0 Å². The van der Waals surface area contributed by atoms with Gasteiger partial charge in [-0.2, -0.15) is 0 Å². The molecule has 0 aliphatic rings. The molecule has 1 aromatic rings. The molecule has 0 radical (unpaired) electrons. The van der Waals surface area contributed by atoms with Gasteiger partial charge in [0.1, 0.15) is 0 Å². The maximum atomic E-state index is 3.80. The summed E-state index contributed by atoms with van der Waals surface area (Å²) in [5.74, 6) is 0. The lowest BCUT2D eigenvalue weighted by atomic mass is 10.3. The monoisotopic (exact) mass is 265 g/mol. The summed E-state index contributed by atoms with van der Waals surface area (Å²) in [6.07, 6.45) is 2.44. The van der Waals surface area contributed by atoms with Gasteiger partial charge in [0, 0.05) is 6.42 Å². The number of hydrogen-bond acceptors (Lipinski definition) is 3. The molecule has 1 heterocycles. The van der Waals surface area contributed by atoms with Crippen LogP contribution in [0.3, 0.4) is 0 Å². The summed E-state index contributed by atoms with van der Waals surface area (Å²) < 4.78 is 0.261. The normalized spacial score (nSPS) is 10.3. The van der Waals surface area contributed by atoms with Crippen molar-refractivity contribution in [1.29, 1.82) is 0 Å². The zero-order valence-corrected chi connectivity index (χ0v) is 8.21. The molecule has 0 spiro atoms. The van der Waals surface area contributed by atoms with Crippen molar-refractivity contribution >= 4 is 31.9 Å². The lowest BCUT2D eigenvalue weighted by Gasteiger charge is -1.96. The molecular formula is C5H5Br2N3. The van der Waals surface area contributed by atoms with Crippen LogP contribution in [-0.4, -0.2) is 19.1 Å². The molecule has 0 amide bonds. The second-order valence-corrected chi connectivity index (χ2v) is 5.15. The summed E-state index contributed by atoms with van der Waals surface area (Å²) in [6, 6.07) is 1.84. The highest BCUT2D eigenvalue weighted by atomic mass is 79.9. The van der Waals surface area contributed by atoms with Crippen LogP contribution >= 0.6 is 31.9 Å². The van der Waals surface area contributed by atoms with Gasteiger partial charge in [0.05, 0.1) is 15.6 Å². The van der Waals surface area contributed by atoms with Crippen LogP contribution in [0.25, 0.3) is 0 Å². The number of alkyl halides is 2. The molecule has 0 aliphatic carbocycles. The average molecular weight is 267 g/mol. The number of halogens is 2. The molecule has 0 saturated carbocycles. The Labute approximate surface area is 75.5 Å². The van der Waals surface area contributed by atoms with E-state index in [4.69, 9.17) is 0 Å². The first kappa shape index (κ1) is 8.07. The maximum Gasteiger partial charge on any atom is 0.0753 e. The van der Waals surface area contributed by atoms with E-state index in [0.717, 1.165) is 12.1 Å². The van der Waals surface area contributed by atoms with Gasteiger partial charge in [-0.3, -0.25) is 0 Å². The molecule has 0 bridgehead atoms. The van der Waals surface area contributed by atoms with Crippen molar-refractivity contribution in [2.75, 3.05) is 0 Å². The van der Waals surface area contributed by atoms with Crippen LogP contribution in [0.4, 0.5) is 0 Å². The van der Waals surface area contributed by atoms with Crippen LogP contribution in [0.5, 0.6) is 0 Å².